The number of hydrogen-bond acceptors (Lipinski definition) is 2. The zero-order chi connectivity index (χ0) is 12.3. The molecule has 0 spiro atoms. The van der Waals surface area contributed by atoms with Crippen LogP contribution in [0.3, 0.4) is 0 Å². The highest BCUT2D eigenvalue weighted by Crippen LogP contribution is 2.31. The van der Waals surface area contributed by atoms with Crippen LogP contribution < -0.4 is 5.32 Å². The third kappa shape index (κ3) is 2.64. The highest BCUT2D eigenvalue weighted by molar-refractivity contribution is 5.24. The normalized spacial score (nSPS) is 21.7. The Morgan fingerprint density at radius 1 is 1.41 bits per heavy atom. The molecule has 4 heteroatoms. The van der Waals surface area contributed by atoms with Gasteiger partial charge < -0.3 is 10.1 Å². The quantitative estimate of drug-likeness (QED) is 0.875. The van der Waals surface area contributed by atoms with Gasteiger partial charge in [0.25, 0.3) is 0 Å². The molecule has 1 aromatic carbocycles. The molecule has 0 saturated carbocycles. The summed E-state index contributed by atoms with van der Waals surface area (Å²) in [5.41, 5.74) is 0.143. The molecule has 1 N–H and O–H groups in total. The van der Waals surface area contributed by atoms with E-state index in [4.69, 9.17) is 4.74 Å². The van der Waals surface area contributed by atoms with Crippen molar-refractivity contribution in [1.29, 1.82) is 0 Å². The SMILES string of the molecule is CCNC(c1c(F)cccc1F)C1CCOC1. The third-order valence-electron chi connectivity index (χ3n) is 3.17. The lowest BCUT2D eigenvalue weighted by atomic mass is 9.91. The van der Waals surface area contributed by atoms with Crippen LogP contribution in [0.4, 0.5) is 8.78 Å². The van der Waals surface area contributed by atoms with Gasteiger partial charge in [-0.05, 0) is 25.1 Å². The van der Waals surface area contributed by atoms with Gasteiger partial charge >= 0.3 is 0 Å². The van der Waals surface area contributed by atoms with E-state index in [9.17, 15) is 8.78 Å². The highest BCUT2D eigenvalue weighted by atomic mass is 19.1. The van der Waals surface area contributed by atoms with Gasteiger partial charge in [0.05, 0.1) is 6.61 Å². The van der Waals surface area contributed by atoms with E-state index in [1.165, 1.54) is 18.2 Å². The maximum Gasteiger partial charge on any atom is 0.130 e. The van der Waals surface area contributed by atoms with Gasteiger partial charge in [-0.1, -0.05) is 13.0 Å². The Labute approximate surface area is 100.0 Å². The molecule has 0 radical (unpaired) electrons. The minimum absolute atomic E-state index is 0.140. The van der Waals surface area contributed by atoms with Crippen LogP contribution in [0.5, 0.6) is 0 Å². The molecule has 94 valence electrons. The summed E-state index contributed by atoms with van der Waals surface area (Å²) in [5, 5.41) is 3.16. The summed E-state index contributed by atoms with van der Waals surface area (Å²) >= 11 is 0. The average Bonchev–Trinajstić information content (AvgIpc) is 2.80. The van der Waals surface area contributed by atoms with E-state index in [2.05, 4.69) is 5.32 Å². The molecular weight excluding hydrogens is 224 g/mol. The molecule has 2 unspecified atom stereocenters. The van der Waals surface area contributed by atoms with Gasteiger partial charge in [-0.15, -0.1) is 0 Å². The molecule has 1 saturated heterocycles. The fraction of sp³-hybridized carbons (Fsp3) is 0.538. The maximum absolute atomic E-state index is 13.8. The summed E-state index contributed by atoms with van der Waals surface area (Å²) < 4.78 is 32.8. The number of hydrogen-bond donors (Lipinski definition) is 1. The summed E-state index contributed by atoms with van der Waals surface area (Å²) in [6, 6.07) is 3.70. The summed E-state index contributed by atoms with van der Waals surface area (Å²) in [6.45, 7) is 3.84. The van der Waals surface area contributed by atoms with Crippen molar-refractivity contribution in [2.45, 2.75) is 19.4 Å². The van der Waals surface area contributed by atoms with Crippen LogP contribution in [0.15, 0.2) is 18.2 Å². The van der Waals surface area contributed by atoms with Crippen LogP contribution in [-0.4, -0.2) is 19.8 Å². The summed E-state index contributed by atoms with van der Waals surface area (Å²) in [6.07, 6.45) is 0.839. The molecule has 0 amide bonds. The molecular formula is C13H17F2NO. The monoisotopic (exact) mass is 241 g/mol. The lowest BCUT2D eigenvalue weighted by Crippen LogP contribution is -2.30. The molecule has 0 aliphatic carbocycles. The van der Waals surface area contributed by atoms with Crippen LogP contribution >= 0.6 is 0 Å². The molecule has 0 bridgehead atoms. The first kappa shape index (κ1) is 12.5. The zero-order valence-electron chi connectivity index (χ0n) is 9.88. The molecule has 17 heavy (non-hydrogen) atoms. The Bertz CT molecular complexity index is 357. The number of rotatable bonds is 4. The molecule has 1 heterocycles. The lowest BCUT2D eigenvalue weighted by Gasteiger charge is -2.24. The number of benzene rings is 1. The van der Waals surface area contributed by atoms with E-state index in [1.807, 2.05) is 6.92 Å². The summed E-state index contributed by atoms with van der Waals surface area (Å²) in [7, 11) is 0. The van der Waals surface area contributed by atoms with Crippen LogP contribution in [0.25, 0.3) is 0 Å². The second-order valence-corrected chi connectivity index (χ2v) is 4.29. The minimum Gasteiger partial charge on any atom is -0.381 e. The molecule has 0 aromatic heterocycles. The zero-order valence-corrected chi connectivity index (χ0v) is 9.88. The fourth-order valence-electron chi connectivity index (χ4n) is 2.35. The molecule has 1 aliphatic rings. The number of nitrogens with one attached hydrogen (secondary N) is 1. The highest BCUT2D eigenvalue weighted by Gasteiger charge is 2.30. The summed E-state index contributed by atoms with van der Waals surface area (Å²) in [5.74, 6) is -0.827. The van der Waals surface area contributed by atoms with E-state index in [-0.39, 0.29) is 17.5 Å². The summed E-state index contributed by atoms with van der Waals surface area (Å²) in [4.78, 5) is 0. The number of halogens is 2. The Morgan fingerprint density at radius 2 is 2.12 bits per heavy atom. The number of ether oxygens (including phenoxy) is 1. The fourth-order valence-corrected chi connectivity index (χ4v) is 2.35. The average molecular weight is 241 g/mol. The van der Waals surface area contributed by atoms with Crippen molar-refractivity contribution < 1.29 is 13.5 Å². The lowest BCUT2D eigenvalue weighted by molar-refractivity contribution is 0.176. The first-order valence-corrected chi connectivity index (χ1v) is 5.99. The van der Waals surface area contributed by atoms with E-state index in [1.54, 1.807) is 0 Å². The van der Waals surface area contributed by atoms with E-state index < -0.39 is 11.6 Å². The Balaban J connectivity index is 2.31. The molecule has 1 fully saturated rings. The van der Waals surface area contributed by atoms with Gasteiger partial charge in [0.1, 0.15) is 11.6 Å². The minimum atomic E-state index is -0.483. The topological polar surface area (TPSA) is 21.3 Å². The molecule has 1 aliphatic heterocycles. The van der Waals surface area contributed by atoms with Gasteiger partial charge in [0, 0.05) is 24.1 Å². The van der Waals surface area contributed by atoms with Crippen molar-refractivity contribution in [2.75, 3.05) is 19.8 Å². The van der Waals surface area contributed by atoms with Crippen molar-refractivity contribution in [3.8, 4) is 0 Å². The van der Waals surface area contributed by atoms with E-state index in [0.717, 1.165) is 6.42 Å². The predicted molar refractivity (Wildman–Crippen MR) is 61.7 cm³/mol. The second-order valence-electron chi connectivity index (χ2n) is 4.29. The van der Waals surface area contributed by atoms with Crippen LogP contribution in [0.2, 0.25) is 0 Å². The maximum atomic E-state index is 13.8. The Kier molecular flexibility index (Phi) is 4.07. The van der Waals surface area contributed by atoms with Crippen LogP contribution in [-0.2, 0) is 4.74 Å². The molecule has 1 aromatic rings. The van der Waals surface area contributed by atoms with Gasteiger partial charge in [0.2, 0.25) is 0 Å². The van der Waals surface area contributed by atoms with E-state index >= 15 is 0 Å². The van der Waals surface area contributed by atoms with Crippen molar-refractivity contribution in [3.63, 3.8) is 0 Å². The van der Waals surface area contributed by atoms with Gasteiger partial charge in [-0.25, -0.2) is 8.78 Å². The second kappa shape index (κ2) is 5.56. The van der Waals surface area contributed by atoms with Crippen molar-refractivity contribution in [1.82, 2.24) is 5.32 Å². The third-order valence-corrected chi connectivity index (χ3v) is 3.17. The standard InChI is InChI=1S/C13H17F2NO/c1-2-16-13(9-6-7-17-8-9)12-10(14)4-3-5-11(12)15/h3-5,9,13,16H,2,6-8H2,1H3. The predicted octanol–water partition coefficient (Wildman–Crippen LogP) is 2.65. The van der Waals surface area contributed by atoms with Crippen molar-refractivity contribution in [3.05, 3.63) is 35.4 Å². The molecule has 2 nitrogen and oxygen atoms in total. The molecule has 2 rings (SSSR count). The van der Waals surface area contributed by atoms with Gasteiger partial charge in [0.15, 0.2) is 0 Å². The Morgan fingerprint density at radius 3 is 2.65 bits per heavy atom. The van der Waals surface area contributed by atoms with E-state index in [0.29, 0.717) is 19.8 Å². The van der Waals surface area contributed by atoms with Crippen molar-refractivity contribution in [2.24, 2.45) is 5.92 Å². The van der Waals surface area contributed by atoms with Crippen LogP contribution in [0.1, 0.15) is 24.9 Å². The van der Waals surface area contributed by atoms with Gasteiger partial charge in [-0.3, -0.25) is 0 Å². The first-order chi connectivity index (χ1) is 8.24. The largest absolute Gasteiger partial charge is 0.381 e. The smallest absolute Gasteiger partial charge is 0.130 e. The van der Waals surface area contributed by atoms with Crippen molar-refractivity contribution >= 4 is 0 Å². The van der Waals surface area contributed by atoms with Crippen LogP contribution in [0, 0.1) is 17.6 Å². The molecule has 2 atom stereocenters. The first-order valence-electron chi connectivity index (χ1n) is 5.99. The Hall–Kier alpha value is -1.00. The van der Waals surface area contributed by atoms with Gasteiger partial charge in [-0.2, -0.15) is 0 Å².